The van der Waals surface area contributed by atoms with Gasteiger partial charge < -0.3 is 19.5 Å². The van der Waals surface area contributed by atoms with Crippen molar-refractivity contribution in [2.75, 3.05) is 31.1 Å². The molecule has 2 fully saturated rings. The van der Waals surface area contributed by atoms with Crippen molar-refractivity contribution < 1.29 is 23.9 Å². The van der Waals surface area contributed by atoms with Crippen LogP contribution in [0.4, 0.5) is 5.69 Å². The molecule has 0 saturated carbocycles. The van der Waals surface area contributed by atoms with Gasteiger partial charge in [0.05, 0.1) is 5.56 Å². The van der Waals surface area contributed by atoms with Gasteiger partial charge in [-0.1, -0.05) is 0 Å². The van der Waals surface area contributed by atoms with Crippen LogP contribution in [0.1, 0.15) is 63.3 Å². The Kier molecular flexibility index (Phi) is 6.16. The zero-order valence-electron chi connectivity index (χ0n) is 17.3. The minimum Gasteiger partial charge on any atom is -0.454 e. The van der Waals surface area contributed by atoms with E-state index in [1.54, 1.807) is 34.1 Å². The highest BCUT2D eigenvalue weighted by Gasteiger charge is 2.23. The lowest BCUT2D eigenvalue weighted by atomic mass is 10.1. The van der Waals surface area contributed by atoms with E-state index in [1.807, 2.05) is 0 Å². The van der Waals surface area contributed by atoms with E-state index in [-0.39, 0.29) is 17.6 Å². The number of hydrogen-bond acceptors (Lipinski definition) is 5. The molecule has 2 aliphatic rings. The van der Waals surface area contributed by atoms with Crippen molar-refractivity contribution in [3.05, 3.63) is 53.3 Å². The lowest BCUT2D eigenvalue weighted by Crippen LogP contribution is -2.35. The van der Waals surface area contributed by atoms with Crippen molar-refractivity contribution in [3.8, 4) is 0 Å². The van der Waals surface area contributed by atoms with Crippen molar-refractivity contribution >= 4 is 29.3 Å². The van der Waals surface area contributed by atoms with Crippen molar-refractivity contribution in [2.45, 2.75) is 32.1 Å². The molecule has 0 unspecified atom stereocenters. The molecule has 2 aliphatic heterocycles. The number of piperidine rings is 1. The van der Waals surface area contributed by atoms with Gasteiger partial charge in [-0.3, -0.25) is 14.4 Å². The predicted molar refractivity (Wildman–Crippen MR) is 113 cm³/mol. The van der Waals surface area contributed by atoms with E-state index in [0.717, 1.165) is 44.5 Å². The monoisotopic (exact) mass is 423 g/mol. The molecule has 0 aliphatic carbocycles. The third-order valence-corrected chi connectivity index (χ3v) is 5.70. The minimum absolute atomic E-state index is 0.0845. The van der Waals surface area contributed by atoms with Crippen LogP contribution < -0.4 is 4.90 Å². The first kappa shape index (κ1) is 20.8. The number of nitrogens with zero attached hydrogens (tertiary/aromatic N) is 2. The normalized spacial score (nSPS) is 16.5. The van der Waals surface area contributed by atoms with Gasteiger partial charge in [0.2, 0.25) is 11.7 Å². The highest BCUT2D eigenvalue weighted by atomic mass is 16.5. The Morgan fingerprint density at radius 1 is 0.935 bits per heavy atom. The second-order valence-corrected chi connectivity index (χ2v) is 7.85. The largest absolute Gasteiger partial charge is 0.454 e. The van der Waals surface area contributed by atoms with Crippen LogP contribution in [0, 0.1) is 0 Å². The Morgan fingerprint density at radius 2 is 1.65 bits per heavy atom. The molecule has 162 valence electrons. The summed E-state index contributed by atoms with van der Waals surface area (Å²) in [5.41, 5.74) is 1.72. The molecule has 2 amide bonds. The first-order chi connectivity index (χ1) is 15.0. The number of aromatic amines is 1. The standard InChI is InChI=1S/C23H25N3O5/c27-20(17-13-19(24-14-17)22(29)25-10-3-4-11-25)15-31-23(30)16-6-8-18(9-7-16)26-12-2-1-5-21(26)28/h6-9,13-14,24H,1-5,10-12,15H2. The number of carbonyl (C=O) groups excluding carboxylic acids is 4. The summed E-state index contributed by atoms with van der Waals surface area (Å²) in [6.07, 6.45) is 5.85. The molecule has 1 N–H and O–H groups in total. The lowest BCUT2D eigenvalue weighted by molar-refractivity contribution is -0.119. The first-order valence-electron chi connectivity index (χ1n) is 10.6. The van der Waals surface area contributed by atoms with Crippen LogP contribution in [0.3, 0.4) is 0 Å². The summed E-state index contributed by atoms with van der Waals surface area (Å²) in [6, 6.07) is 8.11. The van der Waals surface area contributed by atoms with Crippen LogP contribution in [0.25, 0.3) is 0 Å². The van der Waals surface area contributed by atoms with Gasteiger partial charge in [0, 0.05) is 43.5 Å². The van der Waals surface area contributed by atoms with Crippen LogP contribution in [-0.4, -0.2) is 59.7 Å². The van der Waals surface area contributed by atoms with Gasteiger partial charge >= 0.3 is 5.97 Å². The number of nitrogens with one attached hydrogen (secondary N) is 1. The van der Waals surface area contributed by atoms with E-state index >= 15 is 0 Å². The number of hydrogen-bond donors (Lipinski definition) is 1. The second kappa shape index (κ2) is 9.16. The summed E-state index contributed by atoms with van der Waals surface area (Å²) in [5, 5.41) is 0. The average molecular weight is 423 g/mol. The van der Waals surface area contributed by atoms with Crippen LogP contribution in [-0.2, 0) is 9.53 Å². The summed E-state index contributed by atoms with van der Waals surface area (Å²) in [6.45, 7) is 1.71. The Hall–Kier alpha value is -3.42. The van der Waals surface area contributed by atoms with E-state index < -0.39 is 12.6 Å². The summed E-state index contributed by atoms with van der Waals surface area (Å²) in [7, 11) is 0. The number of likely N-dealkylation sites (tertiary alicyclic amines) is 1. The van der Waals surface area contributed by atoms with Gasteiger partial charge in [-0.2, -0.15) is 0 Å². The number of carbonyl (C=O) groups is 4. The van der Waals surface area contributed by atoms with Gasteiger partial charge in [-0.05, 0) is 56.0 Å². The van der Waals surface area contributed by atoms with Gasteiger partial charge in [0.25, 0.3) is 5.91 Å². The molecule has 31 heavy (non-hydrogen) atoms. The SMILES string of the molecule is O=C(COC(=O)c1ccc(N2CCCCC2=O)cc1)c1c[nH]c(C(=O)N2CCCC2)c1. The Morgan fingerprint density at radius 3 is 2.35 bits per heavy atom. The number of anilines is 1. The highest BCUT2D eigenvalue weighted by Crippen LogP contribution is 2.21. The first-order valence-corrected chi connectivity index (χ1v) is 10.6. The maximum Gasteiger partial charge on any atom is 0.338 e. The lowest BCUT2D eigenvalue weighted by Gasteiger charge is -2.26. The molecule has 1 aromatic carbocycles. The molecular formula is C23H25N3O5. The molecule has 0 radical (unpaired) electrons. The maximum atomic E-state index is 12.4. The van der Waals surface area contributed by atoms with Crippen molar-refractivity contribution in [1.29, 1.82) is 0 Å². The van der Waals surface area contributed by atoms with Gasteiger partial charge in [0.15, 0.2) is 6.61 Å². The molecule has 0 bridgehead atoms. The molecule has 3 heterocycles. The van der Waals surface area contributed by atoms with Crippen LogP contribution >= 0.6 is 0 Å². The van der Waals surface area contributed by atoms with Gasteiger partial charge in [0.1, 0.15) is 5.69 Å². The van der Waals surface area contributed by atoms with Crippen molar-refractivity contribution in [1.82, 2.24) is 9.88 Å². The number of amides is 2. The summed E-state index contributed by atoms with van der Waals surface area (Å²) >= 11 is 0. The van der Waals surface area contributed by atoms with Crippen LogP contribution in [0.2, 0.25) is 0 Å². The Bertz CT molecular complexity index is 989. The van der Waals surface area contributed by atoms with Crippen molar-refractivity contribution in [2.24, 2.45) is 0 Å². The molecule has 2 saturated heterocycles. The predicted octanol–water partition coefficient (Wildman–Crippen LogP) is 2.81. The Balaban J connectivity index is 1.31. The molecule has 0 spiro atoms. The number of Topliss-reactive ketones (excluding diaryl/α,β-unsaturated/α-hetero) is 1. The third-order valence-electron chi connectivity index (χ3n) is 5.70. The molecule has 8 heteroatoms. The van der Waals surface area contributed by atoms with E-state index in [9.17, 15) is 19.2 Å². The van der Waals surface area contributed by atoms with E-state index in [2.05, 4.69) is 4.98 Å². The maximum absolute atomic E-state index is 12.4. The number of aromatic nitrogens is 1. The molecule has 8 nitrogen and oxygen atoms in total. The average Bonchev–Trinajstić information content (AvgIpc) is 3.50. The smallest absolute Gasteiger partial charge is 0.338 e. The number of ether oxygens (including phenoxy) is 1. The van der Waals surface area contributed by atoms with E-state index in [4.69, 9.17) is 4.74 Å². The molecule has 2 aromatic rings. The fraction of sp³-hybridized carbons (Fsp3) is 0.391. The summed E-state index contributed by atoms with van der Waals surface area (Å²) in [5.74, 6) is -1.04. The molecular weight excluding hydrogens is 398 g/mol. The number of esters is 1. The Labute approximate surface area is 180 Å². The molecule has 0 atom stereocenters. The number of H-pyrrole nitrogens is 1. The van der Waals surface area contributed by atoms with Crippen LogP contribution in [0.5, 0.6) is 0 Å². The zero-order valence-corrected chi connectivity index (χ0v) is 17.3. The zero-order chi connectivity index (χ0) is 21.8. The van der Waals surface area contributed by atoms with Gasteiger partial charge in [-0.15, -0.1) is 0 Å². The summed E-state index contributed by atoms with van der Waals surface area (Å²) < 4.78 is 5.14. The fourth-order valence-corrected chi connectivity index (χ4v) is 3.92. The molecule has 1 aromatic heterocycles. The van der Waals surface area contributed by atoms with E-state index in [0.29, 0.717) is 29.8 Å². The quantitative estimate of drug-likeness (QED) is 0.569. The molecule has 4 rings (SSSR count). The third kappa shape index (κ3) is 4.68. The number of benzene rings is 1. The highest BCUT2D eigenvalue weighted by molar-refractivity contribution is 6.02. The van der Waals surface area contributed by atoms with Gasteiger partial charge in [-0.25, -0.2) is 4.79 Å². The van der Waals surface area contributed by atoms with Crippen LogP contribution in [0.15, 0.2) is 36.5 Å². The second-order valence-electron chi connectivity index (χ2n) is 7.85. The topological polar surface area (TPSA) is 99.8 Å². The van der Waals surface area contributed by atoms with Crippen molar-refractivity contribution in [3.63, 3.8) is 0 Å². The van der Waals surface area contributed by atoms with E-state index in [1.165, 1.54) is 12.3 Å². The summed E-state index contributed by atoms with van der Waals surface area (Å²) in [4.78, 5) is 55.4. The minimum atomic E-state index is -0.617. The number of ketones is 1. The fourth-order valence-electron chi connectivity index (χ4n) is 3.92. The number of rotatable bonds is 6.